The number of nitrogens with zero attached hydrogens (tertiary/aromatic N) is 1. The van der Waals surface area contributed by atoms with Crippen molar-refractivity contribution in [1.29, 1.82) is 0 Å². The molecule has 10 heteroatoms. The van der Waals surface area contributed by atoms with Gasteiger partial charge in [0.2, 0.25) is 0 Å². The van der Waals surface area contributed by atoms with Crippen LogP contribution in [-0.2, 0) is 9.53 Å². The smallest absolute Gasteiger partial charge is 0.341 e. The first-order valence-corrected chi connectivity index (χ1v) is 13.0. The van der Waals surface area contributed by atoms with Crippen LogP contribution in [0, 0.1) is 13.8 Å². The van der Waals surface area contributed by atoms with Crippen LogP contribution in [0.4, 0.5) is 5.00 Å². The van der Waals surface area contributed by atoms with Crippen LogP contribution in [0.1, 0.15) is 57.5 Å². The fraction of sp³-hybridized carbons (Fsp3) is 0.286. The second-order valence-electron chi connectivity index (χ2n) is 8.18. The van der Waals surface area contributed by atoms with Gasteiger partial charge in [-0.1, -0.05) is 0 Å². The first-order valence-electron chi connectivity index (χ1n) is 12.1. The number of anilines is 1. The van der Waals surface area contributed by atoms with E-state index in [-0.39, 0.29) is 12.5 Å². The van der Waals surface area contributed by atoms with E-state index in [2.05, 4.69) is 15.8 Å². The zero-order valence-electron chi connectivity index (χ0n) is 22.0. The summed E-state index contributed by atoms with van der Waals surface area (Å²) < 4.78 is 16.2. The monoisotopic (exact) mass is 537 g/mol. The predicted octanol–water partition coefficient (Wildman–Crippen LogP) is 5.11. The lowest BCUT2D eigenvalue weighted by Crippen LogP contribution is -2.33. The van der Waals surface area contributed by atoms with Crippen LogP contribution in [0.2, 0.25) is 0 Å². The van der Waals surface area contributed by atoms with E-state index in [9.17, 15) is 14.4 Å². The molecule has 9 nitrogen and oxygen atoms in total. The van der Waals surface area contributed by atoms with Gasteiger partial charge in [-0.3, -0.25) is 9.59 Å². The number of carbonyl (C=O) groups is 3. The fourth-order valence-corrected chi connectivity index (χ4v) is 4.40. The summed E-state index contributed by atoms with van der Waals surface area (Å²) in [5.41, 5.74) is 4.77. The van der Waals surface area contributed by atoms with Crippen LogP contribution in [0.5, 0.6) is 11.5 Å². The van der Waals surface area contributed by atoms with Crippen molar-refractivity contribution in [1.82, 2.24) is 5.43 Å². The number of esters is 1. The molecule has 0 saturated carbocycles. The van der Waals surface area contributed by atoms with Crippen molar-refractivity contribution in [2.45, 2.75) is 40.7 Å². The molecule has 0 aliphatic rings. The highest BCUT2D eigenvalue weighted by atomic mass is 32.1. The van der Waals surface area contributed by atoms with E-state index in [1.54, 1.807) is 38.1 Å². The van der Waals surface area contributed by atoms with Gasteiger partial charge >= 0.3 is 5.97 Å². The highest BCUT2D eigenvalue weighted by molar-refractivity contribution is 7.16. The van der Waals surface area contributed by atoms with E-state index in [4.69, 9.17) is 14.2 Å². The molecule has 1 unspecified atom stereocenters. The van der Waals surface area contributed by atoms with Crippen LogP contribution in [0.3, 0.4) is 0 Å². The first-order chi connectivity index (χ1) is 18.2. The van der Waals surface area contributed by atoms with Crippen LogP contribution in [0.25, 0.3) is 0 Å². The Labute approximate surface area is 225 Å². The van der Waals surface area contributed by atoms with Gasteiger partial charge in [0.1, 0.15) is 16.5 Å². The fourth-order valence-electron chi connectivity index (χ4n) is 3.36. The average Bonchev–Trinajstić information content (AvgIpc) is 3.18. The molecule has 0 aliphatic heterocycles. The molecule has 0 radical (unpaired) electrons. The molecule has 0 aliphatic carbocycles. The van der Waals surface area contributed by atoms with Gasteiger partial charge in [-0.15, -0.1) is 11.3 Å². The molecule has 0 bridgehead atoms. The van der Waals surface area contributed by atoms with Crippen LogP contribution < -0.4 is 20.2 Å². The highest BCUT2D eigenvalue weighted by Crippen LogP contribution is 2.33. The normalized spacial score (nSPS) is 11.6. The number of nitrogens with one attached hydrogen (secondary N) is 2. The largest absolute Gasteiger partial charge is 0.494 e. The van der Waals surface area contributed by atoms with Crippen molar-refractivity contribution < 1.29 is 28.6 Å². The number of carbonyl (C=O) groups excluding carboxylic acids is 3. The second kappa shape index (κ2) is 13.4. The summed E-state index contributed by atoms with van der Waals surface area (Å²) in [4.78, 5) is 38.4. The molecule has 3 rings (SSSR count). The molecule has 1 heterocycles. The Kier molecular flexibility index (Phi) is 10.0. The third-order valence-corrected chi connectivity index (χ3v) is 6.59. The Balaban J connectivity index is 1.56. The topological polar surface area (TPSA) is 115 Å². The zero-order chi connectivity index (χ0) is 27.7. The number of rotatable bonds is 11. The zero-order valence-corrected chi connectivity index (χ0v) is 22.8. The molecule has 2 N–H and O–H groups in total. The van der Waals surface area contributed by atoms with Gasteiger partial charge in [-0.05, 0) is 94.3 Å². The molecule has 200 valence electrons. The van der Waals surface area contributed by atoms with E-state index >= 15 is 0 Å². The first kappa shape index (κ1) is 28.4. The number of thiophene rings is 1. The van der Waals surface area contributed by atoms with E-state index in [1.165, 1.54) is 17.6 Å². The van der Waals surface area contributed by atoms with Gasteiger partial charge in [0.05, 0.1) is 25.0 Å². The Morgan fingerprint density at radius 2 is 1.63 bits per heavy atom. The molecule has 0 spiro atoms. The lowest BCUT2D eigenvalue weighted by atomic mass is 10.1. The van der Waals surface area contributed by atoms with Crippen molar-refractivity contribution >= 4 is 40.3 Å². The Morgan fingerprint density at radius 3 is 2.26 bits per heavy atom. The number of hydrogen-bond donors (Lipinski definition) is 2. The maximum absolute atomic E-state index is 12.8. The minimum Gasteiger partial charge on any atom is -0.494 e. The van der Waals surface area contributed by atoms with Crippen molar-refractivity contribution in [3.8, 4) is 11.5 Å². The number of amides is 2. The van der Waals surface area contributed by atoms with Gasteiger partial charge in [0.25, 0.3) is 11.8 Å². The molecule has 38 heavy (non-hydrogen) atoms. The summed E-state index contributed by atoms with van der Waals surface area (Å²) in [7, 11) is 0. The lowest BCUT2D eigenvalue weighted by molar-refractivity contribution is -0.127. The predicted molar refractivity (Wildman–Crippen MR) is 148 cm³/mol. The SMILES string of the molecule is CCOC(=O)c1c(NC(=O)c2ccc(OC(C)C(=O)NN=Cc3ccc(OCC)cc3)cc2)sc(C)c1C. The average molecular weight is 538 g/mol. The Bertz CT molecular complexity index is 1300. The van der Waals surface area contributed by atoms with Crippen molar-refractivity contribution in [2.75, 3.05) is 18.5 Å². The minimum absolute atomic E-state index is 0.244. The van der Waals surface area contributed by atoms with E-state index < -0.39 is 18.0 Å². The number of ether oxygens (including phenoxy) is 3. The molecule has 3 aromatic rings. The summed E-state index contributed by atoms with van der Waals surface area (Å²) in [6.07, 6.45) is 0.703. The maximum Gasteiger partial charge on any atom is 0.341 e. The second-order valence-corrected chi connectivity index (χ2v) is 9.41. The molecule has 2 amide bonds. The molecule has 1 aromatic heterocycles. The van der Waals surface area contributed by atoms with Crippen molar-refractivity contribution in [3.63, 3.8) is 0 Å². The van der Waals surface area contributed by atoms with Crippen molar-refractivity contribution in [3.05, 3.63) is 75.7 Å². The van der Waals surface area contributed by atoms with Gasteiger partial charge < -0.3 is 19.5 Å². The van der Waals surface area contributed by atoms with Crippen LogP contribution in [0.15, 0.2) is 53.6 Å². The summed E-state index contributed by atoms with van der Waals surface area (Å²) in [6.45, 7) is 9.78. The molecule has 0 fully saturated rings. The molecule has 1 atom stereocenters. The summed E-state index contributed by atoms with van der Waals surface area (Å²) in [5.74, 6) is -0.0988. The minimum atomic E-state index is -0.823. The van der Waals surface area contributed by atoms with E-state index in [0.29, 0.717) is 28.5 Å². The summed E-state index contributed by atoms with van der Waals surface area (Å²) >= 11 is 1.32. The van der Waals surface area contributed by atoms with E-state index in [0.717, 1.165) is 21.8 Å². The van der Waals surface area contributed by atoms with Gasteiger partial charge in [-0.25, -0.2) is 10.2 Å². The van der Waals surface area contributed by atoms with Crippen LogP contribution in [-0.4, -0.2) is 43.3 Å². The Hall–Kier alpha value is -4.18. The lowest BCUT2D eigenvalue weighted by Gasteiger charge is -2.13. The van der Waals surface area contributed by atoms with Crippen LogP contribution >= 0.6 is 11.3 Å². The molecular formula is C28H31N3O6S. The van der Waals surface area contributed by atoms with E-state index in [1.807, 2.05) is 45.0 Å². The summed E-state index contributed by atoms with van der Waals surface area (Å²) in [5, 5.41) is 7.21. The number of hydrazone groups is 1. The number of benzene rings is 2. The number of aryl methyl sites for hydroxylation is 1. The molecular weight excluding hydrogens is 506 g/mol. The quantitative estimate of drug-likeness (QED) is 0.200. The third kappa shape index (κ3) is 7.42. The standard InChI is InChI=1S/C28H31N3O6S/c1-6-35-22-12-8-20(9-13-22)16-29-31-25(32)18(4)37-23-14-10-21(11-15-23)26(33)30-27-24(28(34)36-7-2)17(3)19(5)38-27/h8-16,18H,6-7H2,1-5H3,(H,30,33)(H,31,32). The number of hydrogen-bond acceptors (Lipinski definition) is 8. The van der Waals surface area contributed by atoms with Crippen molar-refractivity contribution in [2.24, 2.45) is 5.10 Å². The van der Waals surface area contributed by atoms with Gasteiger partial charge in [-0.2, -0.15) is 5.10 Å². The Morgan fingerprint density at radius 1 is 0.974 bits per heavy atom. The third-order valence-electron chi connectivity index (χ3n) is 5.47. The highest BCUT2D eigenvalue weighted by Gasteiger charge is 2.22. The summed E-state index contributed by atoms with van der Waals surface area (Å²) in [6, 6.07) is 13.7. The molecule has 0 saturated heterocycles. The van der Waals surface area contributed by atoms with Gasteiger partial charge in [0, 0.05) is 10.4 Å². The molecule has 2 aromatic carbocycles. The van der Waals surface area contributed by atoms with Gasteiger partial charge in [0.15, 0.2) is 6.10 Å². The maximum atomic E-state index is 12.8.